The molecule has 182 valence electrons. The Hall–Kier alpha value is -2.85. The van der Waals surface area contributed by atoms with Crippen LogP contribution in [-0.4, -0.2) is 15.8 Å². The molecule has 4 nitrogen and oxygen atoms in total. The van der Waals surface area contributed by atoms with Crippen LogP contribution in [0.2, 0.25) is 5.15 Å². The number of imidazole rings is 1. The number of hydrogen-bond donors (Lipinski definition) is 0. The fraction of sp³-hybridized carbons (Fsp3) is 0.207. The maximum Gasteiger partial charge on any atom is 0.169 e. The van der Waals surface area contributed by atoms with E-state index in [0.29, 0.717) is 17.8 Å². The zero-order valence-corrected chi connectivity index (χ0v) is 23.0. The molecule has 0 saturated heterocycles. The van der Waals surface area contributed by atoms with E-state index < -0.39 is 0 Å². The SMILES string of the molecule is CCCCc1nc(Cl)c(C=O)n1Cc1cc(Br)c(SCc2ccccc2)c(-c2ccccc2C#N)c1. The summed E-state index contributed by atoms with van der Waals surface area (Å²) in [7, 11) is 0. The number of carbonyl (C=O) groups excluding carboxylic acids is 1. The largest absolute Gasteiger partial charge is 0.320 e. The van der Waals surface area contributed by atoms with Gasteiger partial charge in [0.25, 0.3) is 0 Å². The molecule has 0 saturated carbocycles. The summed E-state index contributed by atoms with van der Waals surface area (Å²) in [5.41, 5.74) is 5.08. The van der Waals surface area contributed by atoms with Crippen molar-refractivity contribution >= 4 is 45.6 Å². The van der Waals surface area contributed by atoms with Gasteiger partial charge in [0.05, 0.1) is 11.6 Å². The Kier molecular flexibility index (Phi) is 9.03. The molecule has 0 aliphatic heterocycles. The number of halogens is 2. The molecule has 4 aromatic rings. The first-order valence-electron chi connectivity index (χ1n) is 11.7. The molecule has 0 fully saturated rings. The van der Waals surface area contributed by atoms with Crippen LogP contribution in [-0.2, 0) is 18.7 Å². The summed E-state index contributed by atoms with van der Waals surface area (Å²) in [5.74, 6) is 1.61. The van der Waals surface area contributed by atoms with Gasteiger partial charge in [0.15, 0.2) is 11.4 Å². The fourth-order valence-electron chi connectivity index (χ4n) is 4.11. The quantitative estimate of drug-likeness (QED) is 0.140. The van der Waals surface area contributed by atoms with E-state index in [1.54, 1.807) is 11.8 Å². The van der Waals surface area contributed by atoms with Crippen molar-refractivity contribution in [1.82, 2.24) is 9.55 Å². The van der Waals surface area contributed by atoms with Crippen LogP contribution >= 0.6 is 39.3 Å². The molecule has 0 unspecified atom stereocenters. The normalized spacial score (nSPS) is 10.8. The van der Waals surface area contributed by atoms with Crippen molar-refractivity contribution in [2.45, 2.75) is 43.4 Å². The lowest BCUT2D eigenvalue weighted by Crippen LogP contribution is -2.09. The first-order valence-corrected chi connectivity index (χ1v) is 13.9. The smallest absolute Gasteiger partial charge is 0.169 e. The molecule has 0 aliphatic rings. The minimum Gasteiger partial charge on any atom is -0.320 e. The average molecular weight is 579 g/mol. The highest BCUT2D eigenvalue weighted by molar-refractivity contribution is 9.10. The van der Waals surface area contributed by atoms with E-state index in [4.69, 9.17) is 11.6 Å². The van der Waals surface area contributed by atoms with Gasteiger partial charge in [0.1, 0.15) is 11.5 Å². The molecule has 0 atom stereocenters. The molecular formula is C29H25BrClN3OS. The number of nitriles is 1. The van der Waals surface area contributed by atoms with Crippen LogP contribution in [0.25, 0.3) is 11.1 Å². The van der Waals surface area contributed by atoms with Crippen LogP contribution in [0, 0.1) is 11.3 Å². The summed E-state index contributed by atoms with van der Waals surface area (Å²) in [6, 6.07) is 24.5. The minimum absolute atomic E-state index is 0.236. The van der Waals surface area contributed by atoms with Gasteiger partial charge in [-0.1, -0.05) is 73.5 Å². The number of carbonyl (C=O) groups is 1. The third-order valence-electron chi connectivity index (χ3n) is 5.91. The first kappa shape index (κ1) is 26.2. The molecule has 3 aromatic carbocycles. The van der Waals surface area contributed by atoms with Gasteiger partial charge in [0, 0.05) is 33.7 Å². The number of hydrogen-bond acceptors (Lipinski definition) is 4. The molecule has 0 bridgehead atoms. The van der Waals surface area contributed by atoms with Gasteiger partial charge in [-0.3, -0.25) is 4.79 Å². The Bertz CT molecular complexity index is 1410. The number of aldehydes is 1. The van der Waals surface area contributed by atoms with Crippen LogP contribution in [0.15, 0.2) is 76.1 Å². The molecule has 0 aliphatic carbocycles. The summed E-state index contributed by atoms with van der Waals surface area (Å²) in [6.07, 6.45) is 3.51. The Morgan fingerprint density at radius 3 is 2.56 bits per heavy atom. The van der Waals surface area contributed by atoms with E-state index in [2.05, 4.69) is 58.2 Å². The summed E-state index contributed by atoms with van der Waals surface area (Å²) in [6.45, 7) is 2.58. The van der Waals surface area contributed by atoms with Gasteiger partial charge in [-0.25, -0.2) is 4.98 Å². The standard InChI is InChI=1S/C29H25BrClN3OS/c1-2-3-13-27-33-29(31)26(18-35)34(27)17-21-14-24(23-12-8-7-11-22(23)16-32)28(25(30)15-21)36-19-20-9-5-4-6-10-20/h4-12,14-15,18H,2-3,13,17,19H2,1H3. The van der Waals surface area contributed by atoms with Crippen LogP contribution < -0.4 is 0 Å². The lowest BCUT2D eigenvalue weighted by atomic mass is 9.98. The number of unbranched alkanes of at least 4 members (excludes halogenated alkanes) is 1. The van der Waals surface area contributed by atoms with E-state index in [0.717, 1.165) is 63.2 Å². The molecule has 0 amide bonds. The van der Waals surface area contributed by atoms with E-state index in [1.165, 1.54) is 5.56 Å². The Labute approximate surface area is 229 Å². The lowest BCUT2D eigenvalue weighted by Gasteiger charge is -2.17. The van der Waals surface area contributed by atoms with E-state index >= 15 is 0 Å². The second kappa shape index (κ2) is 12.4. The number of aromatic nitrogens is 2. The Morgan fingerprint density at radius 1 is 1.08 bits per heavy atom. The molecule has 0 N–H and O–H groups in total. The highest BCUT2D eigenvalue weighted by Crippen LogP contribution is 2.41. The van der Waals surface area contributed by atoms with Crippen molar-refractivity contribution < 1.29 is 4.79 Å². The van der Waals surface area contributed by atoms with Gasteiger partial charge in [-0.2, -0.15) is 5.26 Å². The second-order valence-electron chi connectivity index (χ2n) is 8.40. The van der Waals surface area contributed by atoms with Crippen LogP contribution in [0.5, 0.6) is 0 Å². The van der Waals surface area contributed by atoms with Crippen molar-refractivity contribution in [3.63, 3.8) is 0 Å². The number of nitrogens with zero attached hydrogens (tertiary/aromatic N) is 3. The van der Waals surface area contributed by atoms with E-state index in [-0.39, 0.29) is 5.15 Å². The highest BCUT2D eigenvalue weighted by atomic mass is 79.9. The predicted octanol–water partition coefficient (Wildman–Crippen LogP) is 8.33. The maximum absolute atomic E-state index is 11.8. The molecule has 4 rings (SSSR count). The predicted molar refractivity (Wildman–Crippen MR) is 151 cm³/mol. The van der Waals surface area contributed by atoms with Crippen molar-refractivity contribution in [2.24, 2.45) is 0 Å². The first-order chi connectivity index (χ1) is 17.5. The maximum atomic E-state index is 11.8. The number of aryl methyl sites for hydroxylation is 1. The minimum atomic E-state index is 0.236. The van der Waals surface area contributed by atoms with Crippen LogP contribution in [0.4, 0.5) is 0 Å². The van der Waals surface area contributed by atoms with Gasteiger partial charge < -0.3 is 4.57 Å². The molecule has 7 heteroatoms. The van der Waals surface area contributed by atoms with Gasteiger partial charge in [-0.05, 0) is 57.2 Å². The molecule has 0 spiro atoms. The zero-order chi connectivity index (χ0) is 25.5. The van der Waals surface area contributed by atoms with Crippen molar-refractivity contribution in [3.8, 4) is 17.2 Å². The lowest BCUT2D eigenvalue weighted by molar-refractivity contribution is 0.111. The second-order valence-corrected chi connectivity index (χ2v) is 10.6. The van der Waals surface area contributed by atoms with Gasteiger partial charge in [0.2, 0.25) is 0 Å². The molecule has 0 radical (unpaired) electrons. The molecular weight excluding hydrogens is 554 g/mol. The number of benzene rings is 3. The van der Waals surface area contributed by atoms with Gasteiger partial charge in [-0.15, -0.1) is 11.8 Å². The fourth-order valence-corrected chi connectivity index (χ4v) is 6.23. The summed E-state index contributed by atoms with van der Waals surface area (Å²) in [4.78, 5) is 17.4. The molecule has 1 heterocycles. The van der Waals surface area contributed by atoms with Crippen molar-refractivity contribution in [3.05, 3.63) is 105 Å². The third-order valence-corrected chi connectivity index (χ3v) is 8.29. The van der Waals surface area contributed by atoms with E-state index in [9.17, 15) is 10.1 Å². The Morgan fingerprint density at radius 2 is 1.83 bits per heavy atom. The van der Waals surface area contributed by atoms with E-state index in [1.807, 2.05) is 47.0 Å². The average Bonchev–Trinajstić information content (AvgIpc) is 3.20. The van der Waals surface area contributed by atoms with Crippen molar-refractivity contribution in [2.75, 3.05) is 0 Å². The summed E-state index contributed by atoms with van der Waals surface area (Å²) < 4.78 is 2.85. The summed E-state index contributed by atoms with van der Waals surface area (Å²) >= 11 is 11.8. The Balaban J connectivity index is 1.79. The topological polar surface area (TPSA) is 58.7 Å². The third kappa shape index (κ3) is 5.92. The van der Waals surface area contributed by atoms with Crippen LogP contribution in [0.3, 0.4) is 0 Å². The van der Waals surface area contributed by atoms with Crippen molar-refractivity contribution in [1.29, 1.82) is 5.26 Å². The zero-order valence-electron chi connectivity index (χ0n) is 19.9. The number of rotatable bonds is 10. The number of thioether (sulfide) groups is 1. The van der Waals surface area contributed by atoms with Crippen LogP contribution in [0.1, 0.15) is 52.8 Å². The van der Waals surface area contributed by atoms with Gasteiger partial charge >= 0.3 is 0 Å². The monoisotopic (exact) mass is 577 g/mol. The molecule has 36 heavy (non-hydrogen) atoms. The summed E-state index contributed by atoms with van der Waals surface area (Å²) in [5, 5.41) is 10.0. The highest BCUT2D eigenvalue weighted by Gasteiger charge is 2.19. The molecule has 1 aromatic heterocycles.